The number of carbonyl (C=O) groups excluding carboxylic acids is 1. The second-order valence-electron chi connectivity index (χ2n) is 3.33. The van der Waals surface area contributed by atoms with Crippen LogP contribution in [0.15, 0.2) is 12.7 Å². The van der Waals surface area contributed by atoms with Crippen LogP contribution >= 0.6 is 0 Å². The standard InChI is InChI=1S/C10H17NO2/c1-3-4-5-10(12)8-6-13-7-9(8)11-2/h3,8-9,11H,1,4-7H2,2H3. The van der Waals surface area contributed by atoms with Crippen LogP contribution in [0.25, 0.3) is 0 Å². The quantitative estimate of drug-likeness (QED) is 0.639. The summed E-state index contributed by atoms with van der Waals surface area (Å²) in [5.41, 5.74) is 0. The van der Waals surface area contributed by atoms with Crippen LogP contribution in [0.5, 0.6) is 0 Å². The first-order valence-corrected chi connectivity index (χ1v) is 4.68. The highest BCUT2D eigenvalue weighted by molar-refractivity contribution is 5.82. The number of nitrogens with one attached hydrogen (secondary N) is 1. The molecule has 0 saturated carbocycles. The lowest BCUT2D eigenvalue weighted by molar-refractivity contribution is -0.123. The third kappa shape index (κ3) is 2.64. The van der Waals surface area contributed by atoms with Gasteiger partial charge in [0, 0.05) is 12.5 Å². The Hall–Kier alpha value is -0.670. The monoisotopic (exact) mass is 183 g/mol. The van der Waals surface area contributed by atoms with Crippen LogP contribution < -0.4 is 5.32 Å². The van der Waals surface area contributed by atoms with Crippen molar-refractivity contribution >= 4 is 5.78 Å². The highest BCUT2D eigenvalue weighted by atomic mass is 16.5. The van der Waals surface area contributed by atoms with E-state index in [9.17, 15) is 4.79 Å². The zero-order valence-electron chi connectivity index (χ0n) is 8.08. The molecule has 0 aromatic carbocycles. The molecular weight excluding hydrogens is 166 g/mol. The molecule has 74 valence electrons. The van der Waals surface area contributed by atoms with Crippen LogP contribution in [-0.2, 0) is 9.53 Å². The van der Waals surface area contributed by atoms with Crippen LogP contribution in [0.4, 0.5) is 0 Å². The first kappa shape index (κ1) is 10.4. The van der Waals surface area contributed by atoms with Gasteiger partial charge in [0.25, 0.3) is 0 Å². The van der Waals surface area contributed by atoms with E-state index in [1.165, 1.54) is 0 Å². The molecule has 0 aliphatic carbocycles. The van der Waals surface area contributed by atoms with E-state index in [0.717, 1.165) is 6.42 Å². The summed E-state index contributed by atoms with van der Waals surface area (Å²) in [6, 6.07) is 0.206. The maximum absolute atomic E-state index is 11.6. The number of ketones is 1. The summed E-state index contributed by atoms with van der Waals surface area (Å²) < 4.78 is 5.25. The molecule has 2 atom stereocenters. The maximum Gasteiger partial charge on any atom is 0.140 e. The maximum atomic E-state index is 11.6. The van der Waals surface area contributed by atoms with E-state index in [-0.39, 0.29) is 17.7 Å². The Morgan fingerprint density at radius 3 is 3.08 bits per heavy atom. The molecule has 1 aliphatic rings. The first-order valence-electron chi connectivity index (χ1n) is 4.68. The number of likely N-dealkylation sites (N-methyl/N-ethyl adjacent to an activating group) is 1. The molecule has 1 rings (SSSR count). The van der Waals surface area contributed by atoms with Crippen molar-refractivity contribution in [3.63, 3.8) is 0 Å². The lowest BCUT2D eigenvalue weighted by Gasteiger charge is -2.14. The van der Waals surface area contributed by atoms with Crippen molar-refractivity contribution in [3.8, 4) is 0 Å². The minimum atomic E-state index is 0.0462. The summed E-state index contributed by atoms with van der Waals surface area (Å²) >= 11 is 0. The second kappa shape index (κ2) is 5.14. The molecule has 0 aromatic heterocycles. The van der Waals surface area contributed by atoms with Gasteiger partial charge in [-0.1, -0.05) is 6.08 Å². The Labute approximate surface area is 79.2 Å². The molecule has 0 radical (unpaired) electrons. The van der Waals surface area contributed by atoms with Crippen molar-refractivity contribution in [2.75, 3.05) is 20.3 Å². The summed E-state index contributed by atoms with van der Waals surface area (Å²) in [6.07, 6.45) is 3.14. The minimum absolute atomic E-state index is 0.0462. The summed E-state index contributed by atoms with van der Waals surface area (Å²) in [7, 11) is 1.87. The molecule has 0 aromatic rings. The van der Waals surface area contributed by atoms with Crippen LogP contribution in [-0.4, -0.2) is 32.1 Å². The molecule has 0 amide bonds. The molecular formula is C10H17NO2. The normalized spacial score (nSPS) is 27.5. The molecule has 1 aliphatic heterocycles. The van der Waals surface area contributed by atoms with Gasteiger partial charge in [-0.3, -0.25) is 4.79 Å². The van der Waals surface area contributed by atoms with E-state index in [4.69, 9.17) is 4.74 Å². The van der Waals surface area contributed by atoms with E-state index in [1.54, 1.807) is 6.08 Å². The molecule has 3 nitrogen and oxygen atoms in total. The summed E-state index contributed by atoms with van der Waals surface area (Å²) in [4.78, 5) is 11.6. The van der Waals surface area contributed by atoms with Gasteiger partial charge in [-0.2, -0.15) is 0 Å². The van der Waals surface area contributed by atoms with E-state index in [0.29, 0.717) is 19.6 Å². The molecule has 0 bridgehead atoms. The van der Waals surface area contributed by atoms with Gasteiger partial charge in [-0.15, -0.1) is 6.58 Å². The van der Waals surface area contributed by atoms with E-state index in [2.05, 4.69) is 11.9 Å². The van der Waals surface area contributed by atoms with E-state index >= 15 is 0 Å². The fourth-order valence-electron chi connectivity index (χ4n) is 1.59. The number of hydrogen-bond acceptors (Lipinski definition) is 3. The van der Waals surface area contributed by atoms with Gasteiger partial charge in [0.1, 0.15) is 5.78 Å². The Balaban J connectivity index is 2.40. The number of rotatable bonds is 5. The highest BCUT2D eigenvalue weighted by Gasteiger charge is 2.31. The molecule has 1 saturated heterocycles. The number of allylic oxidation sites excluding steroid dienone is 1. The fourth-order valence-corrected chi connectivity index (χ4v) is 1.59. The lowest BCUT2D eigenvalue weighted by atomic mass is 9.95. The zero-order valence-corrected chi connectivity index (χ0v) is 8.08. The van der Waals surface area contributed by atoms with Crippen molar-refractivity contribution in [3.05, 3.63) is 12.7 Å². The molecule has 1 heterocycles. The van der Waals surface area contributed by atoms with E-state index in [1.807, 2.05) is 7.05 Å². The molecule has 3 heteroatoms. The van der Waals surface area contributed by atoms with Gasteiger partial charge in [0.2, 0.25) is 0 Å². The second-order valence-corrected chi connectivity index (χ2v) is 3.33. The molecule has 13 heavy (non-hydrogen) atoms. The molecule has 0 spiro atoms. The summed E-state index contributed by atoms with van der Waals surface area (Å²) in [5.74, 6) is 0.335. The summed E-state index contributed by atoms with van der Waals surface area (Å²) in [5, 5.41) is 3.10. The van der Waals surface area contributed by atoms with Gasteiger partial charge in [0.15, 0.2) is 0 Å². The summed E-state index contributed by atoms with van der Waals surface area (Å²) in [6.45, 7) is 4.82. The van der Waals surface area contributed by atoms with Crippen molar-refractivity contribution in [2.45, 2.75) is 18.9 Å². The first-order chi connectivity index (χ1) is 6.29. The number of carbonyl (C=O) groups is 1. The van der Waals surface area contributed by atoms with Gasteiger partial charge in [-0.25, -0.2) is 0 Å². The Morgan fingerprint density at radius 1 is 1.69 bits per heavy atom. The predicted octanol–water partition coefficient (Wildman–Crippen LogP) is 0.756. The van der Waals surface area contributed by atoms with Gasteiger partial charge in [-0.05, 0) is 13.5 Å². The molecule has 1 fully saturated rings. The predicted molar refractivity (Wildman–Crippen MR) is 51.6 cm³/mol. The van der Waals surface area contributed by atoms with Gasteiger partial charge >= 0.3 is 0 Å². The van der Waals surface area contributed by atoms with Crippen molar-refractivity contribution < 1.29 is 9.53 Å². The Bertz CT molecular complexity index is 191. The minimum Gasteiger partial charge on any atom is -0.379 e. The van der Waals surface area contributed by atoms with Gasteiger partial charge in [0.05, 0.1) is 19.1 Å². The Kier molecular flexibility index (Phi) is 4.12. The number of ether oxygens (including phenoxy) is 1. The van der Waals surface area contributed by atoms with E-state index < -0.39 is 0 Å². The average molecular weight is 183 g/mol. The zero-order chi connectivity index (χ0) is 9.68. The topological polar surface area (TPSA) is 38.3 Å². The third-order valence-electron chi connectivity index (χ3n) is 2.46. The fraction of sp³-hybridized carbons (Fsp3) is 0.700. The number of Topliss-reactive ketones (excluding diaryl/α,β-unsaturated/α-hetero) is 1. The van der Waals surface area contributed by atoms with Crippen LogP contribution in [0.1, 0.15) is 12.8 Å². The SMILES string of the molecule is C=CCCC(=O)C1COCC1NC. The van der Waals surface area contributed by atoms with Crippen LogP contribution in [0.3, 0.4) is 0 Å². The largest absolute Gasteiger partial charge is 0.379 e. The number of hydrogen-bond donors (Lipinski definition) is 1. The average Bonchev–Trinajstić information content (AvgIpc) is 2.61. The van der Waals surface area contributed by atoms with Crippen LogP contribution in [0.2, 0.25) is 0 Å². The van der Waals surface area contributed by atoms with Gasteiger partial charge < -0.3 is 10.1 Å². The highest BCUT2D eigenvalue weighted by Crippen LogP contribution is 2.16. The van der Waals surface area contributed by atoms with Crippen molar-refractivity contribution in [2.24, 2.45) is 5.92 Å². The van der Waals surface area contributed by atoms with Crippen molar-refractivity contribution in [1.82, 2.24) is 5.32 Å². The molecule has 2 unspecified atom stereocenters. The van der Waals surface area contributed by atoms with Crippen LogP contribution in [0, 0.1) is 5.92 Å². The lowest BCUT2D eigenvalue weighted by Crippen LogP contribution is -2.36. The third-order valence-corrected chi connectivity index (χ3v) is 2.46. The Morgan fingerprint density at radius 2 is 2.46 bits per heavy atom. The van der Waals surface area contributed by atoms with Crippen molar-refractivity contribution in [1.29, 1.82) is 0 Å². The molecule has 1 N–H and O–H groups in total. The smallest absolute Gasteiger partial charge is 0.140 e.